The van der Waals surface area contributed by atoms with Crippen molar-refractivity contribution >= 4 is 11.5 Å². The summed E-state index contributed by atoms with van der Waals surface area (Å²) in [5.41, 5.74) is 0.293. The summed E-state index contributed by atoms with van der Waals surface area (Å²) in [4.78, 5) is 15.1. The molecule has 0 amide bonds. The summed E-state index contributed by atoms with van der Waals surface area (Å²) >= 11 is 0. The van der Waals surface area contributed by atoms with E-state index in [9.17, 15) is 4.79 Å². The fraction of sp³-hybridized carbons (Fsp3) is 0.286. The van der Waals surface area contributed by atoms with E-state index < -0.39 is 0 Å². The third-order valence-corrected chi connectivity index (χ3v) is 1.67. The van der Waals surface area contributed by atoms with Crippen LogP contribution in [0, 0.1) is 0 Å². The summed E-state index contributed by atoms with van der Waals surface area (Å²) in [5.74, 6) is 0.717. The summed E-state index contributed by atoms with van der Waals surface area (Å²) in [6, 6.07) is 1.71. The Hall–Kier alpha value is -1.85. The smallest absolute Gasteiger partial charge is 0.348 e. The molecule has 13 heavy (non-hydrogen) atoms. The van der Waals surface area contributed by atoms with Crippen LogP contribution in [0.3, 0.4) is 0 Å². The highest BCUT2D eigenvalue weighted by atomic mass is 16.1. The number of H-pyrrole nitrogens is 1. The molecule has 0 saturated carbocycles. The quantitative estimate of drug-likeness (QED) is 0.672. The van der Waals surface area contributed by atoms with E-state index in [0.717, 1.165) is 6.54 Å². The Balaban J connectivity index is 2.57. The SMILES string of the molecule is CCNc1cc2n[nH]c(=O)n2cn1. The molecule has 6 nitrogen and oxygen atoms in total. The van der Waals surface area contributed by atoms with Crippen molar-refractivity contribution in [1.29, 1.82) is 0 Å². The second-order valence-electron chi connectivity index (χ2n) is 2.56. The van der Waals surface area contributed by atoms with E-state index in [1.807, 2.05) is 6.92 Å². The molecule has 0 unspecified atom stereocenters. The van der Waals surface area contributed by atoms with E-state index in [1.165, 1.54) is 10.7 Å². The summed E-state index contributed by atoms with van der Waals surface area (Å²) in [6.07, 6.45) is 1.44. The molecule has 0 aliphatic carbocycles. The minimum absolute atomic E-state index is 0.273. The van der Waals surface area contributed by atoms with Crippen molar-refractivity contribution in [1.82, 2.24) is 19.6 Å². The van der Waals surface area contributed by atoms with Crippen molar-refractivity contribution < 1.29 is 0 Å². The Labute approximate surface area is 73.6 Å². The Morgan fingerprint density at radius 3 is 3.31 bits per heavy atom. The van der Waals surface area contributed by atoms with Gasteiger partial charge in [0, 0.05) is 12.6 Å². The highest BCUT2D eigenvalue weighted by Crippen LogP contribution is 2.02. The highest BCUT2D eigenvalue weighted by Gasteiger charge is 2.00. The molecule has 0 aliphatic heterocycles. The monoisotopic (exact) mass is 179 g/mol. The Bertz CT molecular complexity index is 471. The van der Waals surface area contributed by atoms with Gasteiger partial charge in [-0.1, -0.05) is 0 Å². The zero-order chi connectivity index (χ0) is 9.26. The summed E-state index contributed by atoms with van der Waals surface area (Å²) in [7, 11) is 0. The maximum atomic E-state index is 11.0. The van der Waals surface area contributed by atoms with Gasteiger partial charge in [0.15, 0.2) is 5.65 Å². The average molecular weight is 179 g/mol. The number of aromatic nitrogens is 4. The molecule has 2 heterocycles. The number of anilines is 1. The van der Waals surface area contributed by atoms with Crippen LogP contribution in [0.25, 0.3) is 5.65 Å². The van der Waals surface area contributed by atoms with Crippen LogP contribution in [0.2, 0.25) is 0 Å². The second-order valence-corrected chi connectivity index (χ2v) is 2.56. The van der Waals surface area contributed by atoms with Crippen molar-refractivity contribution in [3.05, 3.63) is 22.9 Å². The molecular weight excluding hydrogens is 170 g/mol. The topological polar surface area (TPSA) is 75.1 Å². The Kier molecular flexibility index (Phi) is 1.73. The van der Waals surface area contributed by atoms with Crippen molar-refractivity contribution in [2.75, 3.05) is 11.9 Å². The van der Waals surface area contributed by atoms with Crippen LogP contribution in [-0.2, 0) is 0 Å². The lowest BCUT2D eigenvalue weighted by Crippen LogP contribution is -2.10. The van der Waals surface area contributed by atoms with Gasteiger partial charge >= 0.3 is 5.69 Å². The predicted molar refractivity (Wildman–Crippen MR) is 47.8 cm³/mol. The zero-order valence-corrected chi connectivity index (χ0v) is 7.11. The van der Waals surface area contributed by atoms with Gasteiger partial charge in [-0.2, -0.15) is 5.10 Å². The van der Waals surface area contributed by atoms with Crippen molar-refractivity contribution in [2.45, 2.75) is 6.92 Å². The predicted octanol–water partition coefficient (Wildman–Crippen LogP) is -0.151. The molecule has 0 fully saturated rings. The number of hydrogen-bond donors (Lipinski definition) is 2. The van der Waals surface area contributed by atoms with Crippen LogP contribution in [0.15, 0.2) is 17.2 Å². The molecule has 0 radical (unpaired) electrons. The lowest BCUT2D eigenvalue weighted by molar-refractivity contribution is 0.993. The van der Waals surface area contributed by atoms with Crippen LogP contribution in [-0.4, -0.2) is 26.1 Å². The first-order chi connectivity index (χ1) is 6.31. The number of nitrogens with zero attached hydrogens (tertiary/aromatic N) is 3. The van der Waals surface area contributed by atoms with E-state index in [-0.39, 0.29) is 5.69 Å². The fourth-order valence-corrected chi connectivity index (χ4v) is 1.09. The number of hydrogen-bond acceptors (Lipinski definition) is 4. The third-order valence-electron chi connectivity index (χ3n) is 1.67. The van der Waals surface area contributed by atoms with E-state index in [2.05, 4.69) is 20.5 Å². The standard InChI is InChI=1S/C7H9N5O/c1-2-8-5-3-6-10-11-7(13)12(6)4-9-5/h3-4,8H,2H2,1H3,(H,11,13). The summed E-state index contributed by atoms with van der Waals surface area (Å²) < 4.78 is 1.35. The third kappa shape index (κ3) is 1.26. The van der Waals surface area contributed by atoms with Gasteiger partial charge in [-0.05, 0) is 6.92 Å². The molecule has 2 aromatic rings. The summed E-state index contributed by atoms with van der Waals surface area (Å²) in [6.45, 7) is 2.76. The van der Waals surface area contributed by atoms with Gasteiger partial charge in [-0.25, -0.2) is 19.3 Å². The van der Waals surface area contributed by atoms with Gasteiger partial charge in [0.2, 0.25) is 0 Å². The normalized spacial score (nSPS) is 10.5. The lowest BCUT2D eigenvalue weighted by Gasteiger charge is -1.99. The van der Waals surface area contributed by atoms with Gasteiger partial charge in [-0.15, -0.1) is 0 Å². The minimum atomic E-state index is -0.273. The number of aromatic amines is 1. The molecule has 0 aliphatic rings. The largest absolute Gasteiger partial charge is 0.370 e. The maximum Gasteiger partial charge on any atom is 0.348 e. The van der Waals surface area contributed by atoms with Crippen LogP contribution in [0.4, 0.5) is 5.82 Å². The number of fused-ring (bicyclic) bond motifs is 1. The first-order valence-corrected chi connectivity index (χ1v) is 3.98. The molecule has 0 bridgehead atoms. The molecule has 0 spiro atoms. The first-order valence-electron chi connectivity index (χ1n) is 3.98. The van der Waals surface area contributed by atoms with Crippen LogP contribution >= 0.6 is 0 Å². The highest BCUT2D eigenvalue weighted by molar-refractivity contribution is 5.47. The van der Waals surface area contributed by atoms with Crippen LogP contribution in [0.1, 0.15) is 6.92 Å². The lowest BCUT2D eigenvalue weighted by atomic mass is 10.5. The van der Waals surface area contributed by atoms with E-state index in [0.29, 0.717) is 11.5 Å². The fourth-order valence-electron chi connectivity index (χ4n) is 1.09. The number of rotatable bonds is 2. The van der Waals surface area contributed by atoms with E-state index in [1.54, 1.807) is 6.07 Å². The minimum Gasteiger partial charge on any atom is -0.370 e. The van der Waals surface area contributed by atoms with Gasteiger partial charge < -0.3 is 5.32 Å². The molecule has 6 heteroatoms. The Morgan fingerprint density at radius 2 is 2.54 bits per heavy atom. The van der Waals surface area contributed by atoms with Crippen LogP contribution in [0.5, 0.6) is 0 Å². The molecule has 0 saturated heterocycles. The molecule has 2 rings (SSSR count). The molecule has 0 aromatic carbocycles. The van der Waals surface area contributed by atoms with Gasteiger partial charge in [-0.3, -0.25) is 0 Å². The van der Waals surface area contributed by atoms with Crippen molar-refractivity contribution in [3.63, 3.8) is 0 Å². The van der Waals surface area contributed by atoms with E-state index >= 15 is 0 Å². The van der Waals surface area contributed by atoms with Crippen LogP contribution < -0.4 is 11.0 Å². The number of nitrogens with one attached hydrogen (secondary N) is 2. The van der Waals surface area contributed by atoms with Gasteiger partial charge in [0.05, 0.1) is 0 Å². The van der Waals surface area contributed by atoms with Gasteiger partial charge in [0.1, 0.15) is 12.1 Å². The van der Waals surface area contributed by atoms with Gasteiger partial charge in [0.25, 0.3) is 0 Å². The second kappa shape index (κ2) is 2.89. The Morgan fingerprint density at radius 1 is 1.69 bits per heavy atom. The molecule has 2 aromatic heterocycles. The summed E-state index contributed by atoms with van der Waals surface area (Å²) in [5, 5.41) is 9.17. The van der Waals surface area contributed by atoms with E-state index in [4.69, 9.17) is 0 Å². The molecule has 0 atom stereocenters. The molecule has 68 valence electrons. The zero-order valence-electron chi connectivity index (χ0n) is 7.11. The maximum absolute atomic E-state index is 11.0. The molecule has 2 N–H and O–H groups in total. The average Bonchev–Trinajstić information content (AvgIpc) is 2.48. The van der Waals surface area contributed by atoms with Crippen molar-refractivity contribution in [3.8, 4) is 0 Å². The van der Waals surface area contributed by atoms with Crippen molar-refractivity contribution in [2.24, 2.45) is 0 Å². The molecular formula is C7H9N5O. The first kappa shape index (κ1) is 7.78.